The van der Waals surface area contributed by atoms with Crippen LogP contribution in [0.3, 0.4) is 0 Å². The molecule has 0 aliphatic heterocycles. The Hall–Kier alpha value is -3.25. The summed E-state index contributed by atoms with van der Waals surface area (Å²) in [5.74, 6) is -0.0462. The number of aromatic nitrogens is 3. The molecule has 1 saturated carbocycles. The fourth-order valence-electron chi connectivity index (χ4n) is 4.85. The van der Waals surface area contributed by atoms with Crippen LogP contribution in [0.4, 0.5) is 0 Å². The first-order valence-electron chi connectivity index (χ1n) is 11.4. The summed E-state index contributed by atoms with van der Waals surface area (Å²) in [6, 6.07) is 15.9. The van der Waals surface area contributed by atoms with Crippen LogP contribution in [0.15, 0.2) is 48.5 Å². The Balaban J connectivity index is 1.62. The smallest absolute Gasteiger partial charge is 0.335 e. The van der Waals surface area contributed by atoms with Gasteiger partial charge in [0.05, 0.1) is 22.1 Å². The number of fused-ring (bicyclic) bond motifs is 2. The molecule has 2 aromatic heterocycles. The first-order chi connectivity index (χ1) is 15.6. The van der Waals surface area contributed by atoms with Gasteiger partial charge in [0.2, 0.25) is 0 Å². The number of carboxylic acids is 1. The molecule has 0 spiro atoms. The number of carbonyl (C=O) groups is 1. The summed E-state index contributed by atoms with van der Waals surface area (Å²) in [7, 11) is 0. The van der Waals surface area contributed by atoms with E-state index in [-0.39, 0.29) is 12.2 Å². The average molecular weight is 430 g/mol. The second-order valence-corrected chi connectivity index (χ2v) is 8.64. The van der Waals surface area contributed by atoms with Crippen molar-refractivity contribution in [2.24, 2.45) is 0 Å². The van der Waals surface area contributed by atoms with Crippen LogP contribution in [-0.2, 0) is 6.42 Å². The quantitative estimate of drug-likeness (QED) is 0.430. The van der Waals surface area contributed by atoms with Gasteiger partial charge in [0.1, 0.15) is 5.82 Å². The number of hydrogen-bond donors (Lipinski definition) is 2. The van der Waals surface area contributed by atoms with Crippen LogP contribution < -0.4 is 0 Å². The van der Waals surface area contributed by atoms with Crippen LogP contribution in [0.5, 0.6) is 0 Å². The maximum Gasteiger partial charge on any atom is 0.335 e. The van der Waals surface area contributed by atoms with Gasteiger partial charge >= 0.3 is 5.97 Å². The van der Waals surface area contributed by atoms with Gasteiger partial charge < -0.3 is 14.8 Å². The third-order valence-corrected chi connectivity index (χ3v) is 6.47. The highest BCUT2D eigenvalue weighted by molar-refractivity contribution is 5.94. The normalized spacial score (nSPS) is 14.9. The lowest BCUT2D eigenvalue weighted by molar-refractivity contribution is 0.0697. The van der Waals surface area contributed by atoms with E-state index in [1.807, 2.05) is 18.2 Å². The van der Waals surface area contributed by atoms with E-state index >= 15 is 0 Å². The van der Waals surface area contributed by atoms with Gasteiger partial charge in [-0.1, -0.05) is 25.3 Å². The minimum Gasteiger partial charge on any atom is -0.478 e. The first-order valence-corrected chi connectivity index (χ1v) is 11.4. The number of aliphatic hydroxyl groups is 1. The van der Waals surface area contributed by atoms with Gasteiger partial charge in [-0.3, -0.25) is 4.98 Å². The molecule has 1 aliphatic rings. The maximum absolute atomic E-state index is 11.5. The van der Waals surface area contributed by atoms with E-state index in [1.165, 1.54) is 19.3 Å². The largest absolute Gasteiger partial charge is 0.478 e. The minimum absolute atomic E-state index is 0.166. The second-order valence-electron chi connectivity index (χ2n) is 8.64. The van der Waals surface area contributed by atoms with E-state index in [2.05, 4.69) is 22.8 Å². The molecule has 0 saturated heterocycles. The zero-order valence-electron chi connectivity index (χ0n) is 18.0. The van der Waals surface area contributed by atoms with E-state index in [4.69, 9.17) is 15.1 Å². The van der Waals surface area contributed by atoms with Crippen LogP contribution >= 0.6 is 0 Å². The molecule has 1 fully saturated rings. The third kappa shape index (κ3) is 3.86. The molecular formula is C26H27N3O3. The topological polar surface area (TPSA) is 88.2 Å². The number of nitrogens with zero attached hydrogens (tertiary/aromatic N) is 3. The molecule has 0 radical (unpaired) electrons. The summed E-state index contributed by atoms with van der Waals surface area (Å²) >= 11 is 0. The van der Waals surface area contributed by atoms with E-state index in [9.17, 15) is 9.90 Å². The number of aryl methyl sites for hydroxylation is 1. The SMILES string of the molecule is O=C(O)c1ccc2c(c1)nc(-c1ccc3nc(CCCO)ccc3c1)n2C1CCCCC1. The molecule has 6 nitrogen and oxygen atoms in total. The Morgan fingerprint density at radius 2 is 1.81 bits per heavy atom. The summed E-state index contributed by atoms with van der Waals surface area (Å²) in [6.45, 7) is 0.166. The molecule has 2 aromatic carbocycles. The van der Waals surface area contributed by atoms with Gasteiger partial charge in [-0.2, -0.15) is 0 Å². The molecule has 0 bridgehead atoms. The Morgan fingerprint density at radius 3 is 2.59 bits per heavy atom. The first kappa shape index (κ1) is 20.6. The Morgan fingerprint density at radius 1 is 0.969 bits per heavy atom. The van der Waals surface area contributed by atoms with E-state index in [0.29, 0.717) is 12.5 Å². The molecule has 0 atom stereocenters. The fourth-order valence-corrected chi connectivity index (χ4v) is 4.85. The number of carboxylic acid groups (broad SMARTS) is 1. The molecule has 0 amide bonds. The van der Waals surface area contributed by atoms with Crippen molar-refractivity contribution in [2.75, 3.05) is 6.61 Å². The van der Waals surface area contributed by atoms with E-state index in [1.54, 1.807) is 12.1 Å². The van der Waals surface area contributed by atoms with Crippen molar-refractivity contribution in [1.82, 2.24) is 14.5 Å². The molecule has 164 valence electrons. The Labute approximate surface area is 186 Å². The summed E-state index contributed by atoms with van der Waals surface area (Å²) in [5, 5.41) is 19.5. The lowest BCUT2D eigenvalue weighted by Gasteiger charge is -2.25. The van der Waals surface area contributed by atoms with Gasteiger partial charge in [0.15, 0.2) is 0 Å². The Kier molecular flexibility index (Phi) is 5.62. The number of hydrogen-bond acceptors (Lipinski definition) is 4. The summed E-state index contributed by atoms with van der Waals surface area (Å²) < 4.78 is 2.32. The zero-order chi connectivity index (χ0) is 22.1. The molecular weight excluding hydrogens is 402 g/mol. The molecule has 0 unspecified atom stereocenters. The van der Waals surface area contributed by atoms with Crippen molar-refractivity contribution in [2.45, 2.75) is 51.0 Å². The van der Waals surface area contributed by atoms with Crippen molar-refractivity contribution in [3.05, 3.63) is 59.8 Å². The van der Waals surface area contributed by atoms with Gasteiger partial charge in [-0.15, -0.1) is 0 Å². The highest BCUT2D eigenvalue weighted by atomic mass is 16.4. The monoisotopic (exact) mass is 429 g/mol. The molecule has 32 heavy (non-hydrogen) atoms. The molecule has 6 heteroatoms. The number of aromatic carboxylic acids is 1. The Bertz CT molecular complexity index is 1290. The highest BCUT2D eigenvalue weighted by Gasteiger charge is 2.23. The van der Waals surface area contributed by atoms with Crippen molar-refractivity contribution >= 4 is 27.9 Å². The highest BCUT2D eigenvalue weighted by Crippen LogP contribution is 2.36. The predicted octanol–water partition coefficient (Wildman–Crippen LogP) is 5.38. The van der Waals surface area contributed by atoms with Gasteiger partial charge in [0, 0.05) is 29.3 Å². The van der Waals surface area contributed by atoms with Crippen LogP contribution in [-0.4, -0.2) is 37.3 Å². The van der Waals surface area contributed by atoms with Gasteiger partial charge in [-0.05, 0) is 68.1 Å². The fraction of sp³-hybridized carbons (Fsp3) is 0.346. The molecule has 5 rings (SSSR count). The number of pyridine rings is 1. The lowest BCUT2D eigenvalue weighted by Crippen LogP contribution is -2.14. The summed E-state index contributed by atoms with van der Waals surface area (Å²) in [5.41, 5.74) is 4.90. The average Bonchev–Trinajstić information content (AvgIpc) is 3.21. The number of aliphatic hydroxyl groups excluding tert-OH is 1. The van der Waals surface area contributed by atoms with E-state index in [0.717, 1.165) is 58.3 Å². The van der Waals surface area contributed by atoms with Gasteiger partial charge in [0.25, 0.3) is 0 Å². The van der Waals surface area contributed by atoms with Crippen molar-refractivity contribution in [3.8, 4) is 11.4 Å². The van der Waals surface area contributed by atoms with E-state index < -0.39 is 5.97 Å². The summed E-state index contributed by atoms with van der Waals surface area (Å²) in [4.78, 5) is 21.1. The predicted molar refractivity (Wildman–Crippen MR) is 125 cm³/mol. The van der Waals surface area contributed by atoms with Crippen molar-refractivity contribution in [1.29, 1.82) is 0 Å². The number of rotatable bonds is 6. The molecule has 2 N–H and O–H groups in total. The standard InChI is InChI=1S/C26H27N3O3/c30-14-4-5-20-11-8-17-15-18(9-12-22(17)27-20)25-28-23-16-19(26(31)32)10-13-24(23)29(25)21-6-2-1-3-7-21/h8-13,15-16,21,30H,1-7,14H2,(H,31,32). The maximum atomic E-state index is 11.5. The number of benzene rings is 2. The van der Waals surface area contributed by atoms with Crippen molar-refractivity contribution < 1.29 is 15.0 Å². The minimum atomic E-state index is -0.936. The molecule has 2 heterocycles. The third-order valence-electron chi connectivity index (χ3n) is 6.47. The molecule has 4 aromatic rings. The van der Waals surface area contributed by atoms with Gasteiger partial charge in [-0.25, -0.2) is 9.78 Å². The lowest BCUT2D eigenvalue weighted by atomic mass is 9.94. The zero-order valence-corrected chi connectivity index (χ0v) is 18.0. The second kappa shape index (κ2) is 8.71. The van der Waals surface area contributed by atoms with Crippen LogP contribution in [0, 0.1) is 0 Å². The van der Waals surface area contributed by atoms with Crippen LogP contribution in [0.2, 0.25) is 0 Å². The number of imidazole rings is 1. The van der Waals surface area contributed by atoms with Crippen LogP contribution in [0.25, 0.3) is 33.3 Å². The molecule has 1 aliphatic carbocycles. The van der Waals surface area contributed by atoms with Crippen LogP contribution in [0.1, 0.15) is 60.6 Å². The van der Waals surface area contributed by atoms with Crippen molar-refractivity contribution in [3.63, 3.8) is 0 Å². The summed E-state index contributed by atoms with van der Waals surface area (Å²) in [6.07, 6.45) is 7.37.